The fourth-order valence-electron chi connectivity index (χ4n) is 9.85. The van der Waals surface area contributed by atoms with E-state index in [1.54, 1.807) is 0 Å². The average Bonchev–Trinajstić information content (AvgIpc) is 4.00. The van der Waals surface area contributed by atoms with Crippen molar-refractivity contribution in [2.45, 2.75) is 0 Å². The maximum Gasteiger partial charge on any atom is 0.131 e. The molecule has 0 spiro atoms. The Morgan fingerprint density at radius 1 is 0.224 bits per heavy atom. The van der Waals surface area contributed by atoms with Crippen molar-refractivity contribution in [2.75, 3.05) is 0 Å². The Morgan fingerprint density at radius 2 is 0.534 bits per heavy atom. The minimum atomic E-state index is 1.14. The zero-order chi connectivity index (χ0) is 37.9. The molecule has 0 aliphatic heterocycles. The molecule has 13 aromatic rings. The van der Waals surface area contributed by atoms with Crippen LogP contribution in [-0.2, 0) is 0 Å². The van der Waals surface area contributed by atoms with E-state index in [0.29, 0.717) is 0 Å². The molecule has 0 N–H and O–H groups in total. The molecule has 13 rings (SSSR count). The topological polar surface area (TPSA) is 19.7 Å². The molecule has 270 valence electrons. The zero-order valence-electron chi connectivity index (χ0n) is 31.4. The third-order valence-corrected chi connectivity index (χ3v) is 12.3. The standard InChI is InChI=1S/C54H34N4/c1-3-15-39(16-4-1)55-47-23-11-7-19-43(47)51-45-21-9-13-25-49(45)57(53(51)55)41-29-27-35-32-38-34-42(30-28-36(38)31-37(35)33-41)58-50-26-14-10-22-46(50)52-44-20-8-12-24-48(44)56(54(52)58)40-17-5-2-6-18-40/h1-34H. The minimum Gasteiger partial charge on any atom is -0.295 e. The van der Waals surface area contributed by atoms with E-state index in [9.17, 15) is 0 Å². The predicted octanol–water partition coefficient (Wildman–Crippen LogP) is 14.1. The number of aromatic nitrogens is 4. The lowest BCUT2D eigenvalue weighted by Crippen LogP contribution is -2.02. The Kier molecular flexibility index (Phi) is 6.41. The van der Waals surface area contributed by atoms with Crippen LogP contribution in [0, 0.1) is 0 Å². The van der Waals surface area contributed by atoms with Crippen molar-refractivity contribution in [3.05, 3.63) is 206 Å². The number of hydrogen-bond donors (Lipinski definition) is 0. The van der Waals surface area contributed by atoms with E-state index in [1.807, 2.05) is 0 Å². The van der Waals surface area contributed by atoms with E-state index in [-0.39, 0.29) is 0 Å². The highest BCUT2D eigenvalue weighted by Gasteiger charge is 2.23. The molecule has 0 unspecified atom stereocenters. The van der Waals surface area contributed by atoms with Crippen molar-refractivity contribution in [1.82, 2.24) is 18.3 Å². The smallest absolute Gasteiger partial charge is 0.131 e. The summed E-state index contributed by atoms with van der Waals surface area (Å²) in [6.45, 7) is 0. The maximum absolute atomic E-state index is 2.46. The summed E-state index contributed by atoms with van der Waals surface area (Å²) in [6.07, 6.45) is 0. The molecule has 0 radical (unpaired) electrons. The van der Waals surface area contributed by atoms with Gasteiger partial charge in [-0.25, -0.2) is 0 Å². The summed E-state index contributed by atoms with van der Waals surface area (Å²) in [5, 5.41) is 12.4. The van der Waals surface area contributed by atoms with Gasteiger partial charge < -0.3 is 0 Å². The van der Waals surface area contributed by atoms with Crippen molar-refractivity contribution in [3.63, 3.8) is 0 Å². The van der Waals surface area contributed by atoms with E-state index in [1.165, 1.54) is 87.2 Å². The molecule has 4 aromatic heterocycles. The van der Waals surface area contributed by atoms with Crippen molar-refractivity contribution in [3.8, 4) is 22.7 Å². The lowest BCUT2D eigenvalue weighted by atomic mass is 10.0. The fourth-order valence-corrected chi connectivity index (χ4v) is 9.85. The van der Waals surface area contributed by atoms with E-state index in [0.717, 1.165) is 22.7 Å². The fraction of sp³-hybridized carbons (Fsp3) is 0. The van der Waals surface area contributed by atoms with Gasteiger partial charge in [0, 0.05) is 55.1 Å². The Bertz CT molecular complexity index is 3530. The first-order chi connectivity index (χ1) is 28.8. The second kappa shape index (κ2) is 11.8. The Hall–Kier alpha value is -7.82. The number of hydrogen-bond acceptors (Lipinski definition) is 0. The largest absolute Gasteiger partial charge is 0.295 e. The van der Waals surface area contributed by atoms with Gasteiger partial charge >= 0.3 is 0 Å². The van der Waals surface area contributed by atoms with E-state index < -0.39 is 0 Å². The molecule has 4 heteroatoms. The second-order valence-electron chi connectivity index (χ2n) is 15.4. The molecule has 58 heavy (non-hydrogen) atoms. The van der Waals surface area contributed by atoms with Crippen LogP contribution in [0.15, 0.2) is 206 Å². The average molecular weight is 739 g/mol. The minimum absolute atomic E-state index is 1.14. The van der Waals surface area contributed by atoms with Gasteiger partial charge in [0.05, 0.1) is 22.1 Å². The summed E-state index contributed by atoms with van der Waals surface area (Å²) >= 11 is 0. The summed E-state index contributed by atoms with van der Waals surface area (Å²) in [4.78, 5) is 0. The van der Waals surface area contributed by atoms with Crippen LogP contribution in [0.25, 0.3) is 110 Å². The van der Waals surface area contributed by atoms with Crippen LogP contribution in [0.5, 0.6) is 0 Å². The molecule has 0 fully saturated rings. The molecule has 4 heterocycles. The van der Waals surface area contributed by atoms with Crippen molar-refractivity contribution >= 4 is 87.2 Å². The molecule has 0 amide bonds. The summed E-state index contributed by atoms with van der Waals surface area (Å²) in [7, 11) is 0. The number of fused-ring (bicyclic) bond motifs is 12. The predicted molar refractivity (Wildman–Crippen MR) is 244 cm³/mol. The molecule has 4 nitrogen and oxygen atoms in total. The van der Waals surface area contributed by atoms with Crippen LogP contribution in [0.4, 0.5) is 0 Å². The first-order valence-electron chi connectivity index (χ1n) is 19.9. The lowest BCUT2D eigenvalue weighted by molar-refractivity contribution is 1.07. The Labute approximate surface area is 333 Å². The molecular weight excluding hydrogens is 705 g/mol. The summed E-state index contributed by atoms with van der Waals surface area (Å²) < 4.78 is 9.77. The maximum atomic E-state index is 2.46. The zero-order valence-corrected chi connectivity index (χ0v) is 31.4. The molecule has 0 saturated heterocycles. The summed E-state index contributed by atoms with van der Waals surface area (Å²) in [6, 6.07) is 75.4. The Balaban J connectivity index is 1.03. The monoisotopic (exact) mass is 738 g/mol. The highest BCUT2D eigenvalue weighted by molar-refractivity contribution is 6.24. The molecule has 9 aromatic carbocycles. The van der Waals surface area contributed by atoms with Gasteiger partial charge in [-0.15, -0.1) is 0 Å². The SMILES string of the molecule is c1ccc(-n2c3ccccc3c3c4ccccc4n(-c4ccc5cc6cc(-n7c8ccccc8c8c9ccccc9n(-c9ccccc9)c87)ccc6cc5c4)c32)cc1. The number of benzene rings is 9. The normalized spacial score (nSPS) is 12.1. The van der Waals surface area contributed by atoms with Crippen LogP contribution in [-0.4, -0.2) is 18.3 Å². The van der Waals surface area contributed by atoms with E-state index in [4.69, 9.17) is 0 Å². The number of rotatable bonds is 4. The molecule has 0 aliphatic rings. The molecular formula is C54H34N4. The summed E-state index contributed by atoms with van der Waals surface area (Å²) in [5.74, 6) is 0. The van der Waals surface area contributed by atoms with Crippen LogP contribution in [0.1, 0.15) is 0 Å². The van der Waals surface area contributed by atoms with Gasteiger partial charge in [-0.3, -0.25) is 18.3 Å². The van der Waals surface area contributed by atoms with Gasteiger partial charge in [-0.2, -0.15) is 0 Å². The molecule has 0 saturated carbocycles. The van der Waals surface area contributed by atoms with Gasteiger partial charge in [-0.05, 0) is 106 Å². The van der Waals surface area contributed by atoms with E-state index >= 15 is 0 Å². The van der Waals surface area contributed by atoms with Crippen molar-refractivity contribution in [2.24, 2.45) is 0 Å². The summed E-state index contributed by atoms with van der Waals surface area (Å²) in [5.41, 5.74) is 11.8. The lowest BCUT2D eigenvalue weighted by Gasteiger charge is -2.15. The quantitative estimate of drug-likeness (QED) is 0.160. The highest BCUT2D eigenvalue weighted by Crippen LogP contribution is 2.43. The molecule has 0 bridgehead atoms. The first kappa shape index (κ1) is 31.4. The van der Waals surface area contributed by atoms with Gasteiger partial charge in [0.15, 0.2) is 0 Å². The number of para-hydroxylation sites is 6. The second-order valence-corrected chi connectivity index (χ2v) is 15.4. The van der Waals surface area contributed by atoms with Crippen LogP contribution in [0.3, 0.4) is 0 Å². The third kappa shape index (κ3) is 4.29. The van der Waals surface area contributed by atoms with Gasteiger partial charge in [-0.1, -0.05) is 121 Å². The highest BCUT2D eigenvalue weighted by atomic mass is 15.1. The molecule has 0 atom stereocenters. The third-order valence-electron chi connectivity index (χ3n) is 12.3. The Morgan fingerprint density at radius 3 is 0.897 bits per heavy atom. The van der Waals surface area contributed by atoms with Crippen LogP contribution in [0.2, 0.25) is 0 Å². The number of nitrogens with zero attached hydrogens (tertiary/aromatic N) is 4. The van der Waals surface area contributed by atoms with Crippen LogP contribution < -0.4 is 0 Å². The van der Waals surface area contributed by atoms with Gasteiger partial charge in [0.1, 0.15) is 11.3 Å². The van der Waals surface area contributed by atoms with Crippen molar-refractivity contribution < 1.29 is 0 Å². The van der Waals surface area contributed by atoms with E-state index in [2.05, 4.69) is 225 Å². The van der Waals surface area contributed by atoms with Gasteiger partial charge in [0.25, 0.3) is 0 Å². The first-order valence-corrected chi connectivity index (χ1v) is 19.9. The van der Waals surface area contributed by atoms with Crippen molar-refractivity contribution in [1.29, 1.82) is 0 Å². The molecule has 0 aliphatic carbocycles. The van der Waals surface area contributed by atoms with Crippen LogP contribution >= 0.6 is 0 Å². The van der Waals surface area contributed by atoms with Gasteiger partial charge in [0.2, 0.25) is 0 Å².